The van der Waals surface area contributed by atoms with Gasteiger partial charge in [-0.15, -0.1) is 0 Å². The fourth-order valence-electron chi connectivity index (χ4n) is 2.01. The zero-order chi connectivity index (χ0) is 18.4. The number of carbonyl (C=O) groups excluding carboxylic acids is 1. The SMILES string of the molecule is COc1ccc(Br)cc1C(=O)N/N=C\c1ccc(OC)c([N+](=O)[O-])c1. The van der Waals surface area contributed by atoms with Crippen LogP contribution in [0, 0.1) is 10.1 Å². The summed E-state index contributed by atoms with van der Waals surface area (Å²) in [6.45, 7) is 0. The maximum Gasteiger partial charge on any atom is 0.311 e. The molecule has 1 N–H and O–H groups in total. The molecule has 0 atom stereocenters. The van der Waals surface area contributed by atoms with Crippen molar-refractivity contribution in [3.63, 3.8) is 0 Å². The minimum Gasteiger partial charge on any atom is -0.496 e. The lowest BCUT2D eigenvalue weighted by Gasteiger charge is -2.07. The summed E-state index contributed by atoms with van der Waals surface area (Å²) in [7, 11) is 2.81. The van der Waals surface area contributed by atoms with Crippen molar-refractivity contribution in [3.8, 4) is 11.5 Å². The van der Waals surface area contributed by atoms with E-state index in [9.17, 15) is 14.9 Å². The second-order valence-corrected chi connectivity index (χ2v) is 5.65. The molecule has 130 valence electrons. The number of rotatable bonds is 6. The van der Waals surface area contributed by atoms with E-state index < -0.39 is 10.8 Å². The quantitative estimate of drug-likeness (QED) is 0.450. The number of halogens is 1. The predicted octanol–water partition coefficient (Wildman–Crippen LogP) is 3.14. The van der Waals surface area contributed by atoms with Crippen molar-refractivity contribution in [1.29, 1.82) is 0 Å². The summed E-state index contributed by atoms with van der Waals surface area (Å²) in [6.07, 6.45) is 1.30. The van der Waals surface area contributed by atoms with Crippen LogP contribution in [0.15, 0.2) is 46.0 Å². The molecule has 0 unspecified atom stereocenters. The van der Waals surface area contributed by atoms with Crippen molar-refractivity contribution in [1.82, 2.24) is 5.43 Å². The van der Waals surface area contributed by atoms with Gasteiger partial charge in [-0.1, -0.05) is 15.9 Å². The molecule has 25 heavy (non-hydrogen) atoms. The third-order valence-electron chi connectivity index (χ3n) is 3.19. The monoisotopic (exact) mass is 407 g/mol. The van der Waals surface area contributed by atoms with E-state index in [1.54, 1.807) is 24.3 Å². The van der Waals surface area contributed by atoms with Crippen LogP contribution in [0.3, 0.4) is 0 Å². The van der Waals surface area contributed by atoms with Crippen molar-refractivity contribution in [3.05, 3.63) is 62.1 Å². The van der Waals surface area contributed by atoms with Crippen LogP contribution < -0.4 is 14.9 Å². The minimum absolute atomic E-state index is 0.144. The molecular weight excluding hydrogens is 394 g/mol. The Bertz CT molecular complexity index is 839. The lowest BCUT2D eigenvalue weighted by molar-refractivity contribution is -0.385. The van der Waals surface area contributed by atoms with E-state index in [4.69, 9.17) is 9.47 Å². The van der Waals surface area contributed by atoms with Gasteiger partial charge in [-0.25, -0.2) is 5.43 Å². The molecule has 0 aromatic heterocycles. The zero-order valence-corrected chi connectivity index (χ0v) is 14.9. The molecule has 0 spiro atoms. The Balaban J connectivity index is 2.16. The molecule has 2 rings (SSSR count). The van der Waals surface area contributed by atoms with Crippen molar-refractivity contribution < 1.29 is 19.2 Å². The Morgan fingerprint density at radius 3 is 2.52 bits per heavy atom. The normalized spacial score (nSPS) is 10.5. The number of ether oxygens (including phenoxy) is 2. The molecule has 0 radical (unpaired) electrons. The number of hydrogen-bond donors (Lipinski definition) is 1. The van der Waals surface area contributed by atoms with Gasteiger partial charge in [-0.2, -0.15) is 5.10 Å². The molecule has 0 aliphatic heterocycles. The molecule has 2 aromatic rings. The number of nitro benzene ring substituents is 1. The fourth-order valence-corrected chi connectivity index (χ4v) is 2.37. The van der Waals surface area contributed by atoms with Crippen LogP contribution in [0.2, 0.25) is 0 Å². The van der Waals surface area contributed by atoms with Crippen LogP contribution in [0.5, 0.6) is 11.5 Å². The van der Waals surface area contributed by atoms with Gasteiger partial charge in [0.05, 0.1) is 30.9 Å². The molecule has 0 saturated heterocycles. The van der Waals surface area contributed by atoms with Crippen LogP contribution in [-0.4, -0.2) is 31.3 Å². The van der Waals surface area contributed by atoms with Gasteiger partial charge >= 0.3 is 5.69 Å². The molecule has 0 saturated carbocycles. The Hall–Kier alpha value is -2.94. The third kappa shape index (κ3) is 4.54. The Labute approximate surface area is 151 Å². The number of nitro groups is 1. The second-order valence-electron chi connectivity index (χ2n) is 4.73. The van der Waals surface area contributed by atoms with Gasteiger partial charge in [-0.3, -0.25) is 14.9 Å². The Morgan fingerprint density at radius 1 is 1.20 bits per heavy atom. The number of methoxy groups -OCH3 is 2. The van der Waals surface area contributed by atoms with Crippen LogP contribution >= 0.6 is 15.9 Å². The first-order chi connectivity index (χ1) is 12.0. The van der Waals surface area contributed by atoms with E-state index in [-0.39, 0.29) is 11.4 Å². The fraction of sp³-hybridized carbons (Fsp3) is 0.125. The average molecular weight is 408 g/mol. The molecule has 0 heterocycles. The van der Waals surface area contributed by atoms with Gasteiger partial charge in [-0.05, 0) is 30.3 Å². The summed E-state index contributed by atoms with van der Waals surface area (Å²) >= 11 is 3.28. The van der Waals surface area contributed by atoms with Gasteiger partial charge in [0.15, 0.2) is 5.75 Å². The van der Waals surface area contributed by atoms with Crippen molar-refractivity contribution in [2.75, 3.05) is 14.2 Å². The Morgan fingerprint density at radius 2 is 1.88 bits per heavy atom. The van der Waals surface area contributed by atoms with E-state index in [1.807, 2.05) is 0 Å². The highest BCUT2D eigenvalue weighted by atomic mass is 79.9. The van der Waals surface area contributed by atoms with Crippen molar-refractivity contribution >= 4 is 33.7 Å². The lowest BCUT2D eigenvalue weighted by atomic mass is 10.2. The van der Waals surface area contributed by atoms with Gasteiger partial charge in [0.1, 0.15) is 5.75 Å². The maximum atomic E-state index is 12.2. The topological polar surface area (TPSA) is 103 Å². The summed E-state index contributed by atoms with van der Waals surface area (Å²) in [6, 6.07) is 9.33. The summed E-state index contributed by atoms with van der Waals surface area (Å²) in [5.74, 6) is 0.0680. The van der Waals surface area contributed by atoms with Crippen LogP contribution in [0.25, 0.3) is 0 Å². The van der Waals surface area contributed by atoms with Gasteiger partial charge < -0.3 is 9.47 Å². The van der Waals surface area contributed by atoms with Crippen molar-refractivity contribution in [2.45, 2.75) is 0 Å². The largest absolute Gasteiger partial charge is 0.496 e. The van der Waals surface area contributed by atoms with E-state index in [0.717, 1.165) is 0 Å². The molecule has 0 fully saturated rings. The molecule has 8 nitrogen and oxygen atoms in total. The first-order valence-electron chi connectivity index (χ1n) is 6.95. The highest BCUT2D eigenvalue weighted by molar-refractivity contribution is 9.10. The molecule has 1 amide bonds. The number of nitrogens with one attached hydrogen (secondary N) is 1. The predicted molar refractivity (Wildman–Crippen MR) is 95.4 cm³/mol. The van der Waals surface area contributed by atoms with Gasteiger partial charge in [0.2, 0.25) is 0 Å². The van der Waals surface area contributed by atoms with E-state index in [2.05, 4.69) is 26.5 Å². The minimum atomic E-state index is -0.554. The summed E-state index contributed by atoms with van der Waals surface area (Å²) in [5.41, 5.74) is 2.91. The molecular formula is C16H14BrN3O5. The molecule has 9 heteroatoms. The highest BCUT2D eigenvalue weighted by Gasteiger charge is 2.15. The van der Waals surface area contributed by atoms with Crippen molar-refractivity contribution in [2.24, 2.45) is 5.10 Å². The molecule has 0 bridgehead atoms. The number of hydrazone groups is 1. The standard InChI is InChI=1S/C16H14BrN3O5/c1-24-14-6-4-11(17)8-12(14)16(21)19-18-9-10-3-5-15(25-2)13(7-10)20(22)23/h3-9H,1-2H3,(H,19,21)/b18-9-. The van der Waals surface area contributed by atoms with Gasteiger partial charge in [0, 0.05) is 16.1 Å². The summed E-state index contributed by atoms with van der Waals surface area (Å²) < 4.78 is 10.8. The highest BCUT2D eigenvalue weighted by Crippen LogP contribution is 2.27. The molecule has 2 aromatic carbocycles. The Kier molecular flexibility index (Phi) is 6.07. The van der Waals surface area contributed by atoms with Crippen LogP contribution in [0.4, 0.5) is 5.69 Å². The first-order valence-corrected chi connectivity index (χ1v) is 7.75. The number of amides is 1. The van der Waals surface area contributed by atoms with E-state index >= 15 is 0 Å². The third-order valence-corrected chi connectivity index (χ3v) is 3.68. The summed E-state index contributed by atoms with van der Waals surface area (Å²) in [5, 5.41) is 14.8. The number of carbonyl (C=O) groups is 1. The summed E-state index contributed by atoms with van der Waals surface area (Å²) in [4.78, 5) is 22.6. The first kappa shape index (κ1) is 18.4. The molecule has 0 aliphatic carbocycles. The van der Waals surface area contributed by atoms with Gasteiger partial charge in [0.25, 0.3) is 5.91 Å². The zero-order valence-electron chi connectivity index (χ0n) is 13.4. The second kappa shape index (κ2) is 8.25. The smallest absolute Gasteiger partial charge is 0.311 e. The maximum absolute atomic E-state index is 12.2. The number of hydrogen-bond acceptors (Lipinski definition) is 6. The van der Waals surface area contributed by atoms with E-state index in [0.29, 0.717) is 21.3 Å². The van der Waals surface area contributed by atoms with E-state index in [1.165, 1.54) is 32.6 Å². The molecule has 0 aliphatic rings. The number of nitrogens with zero attached hydrogens (tertiary/aromatic N) is 2. The van der Waals surface area contributed by atoms with Crippen LogP contribution in [-0.2, 0) is 0 Å². The lowest BCUT2D eigenvalue weighted by Crippen LogP contribution is -2.18. The number of benzene rings is 2. The average Bonchev–Trinajstić information content (AvgIpc) is 2.61. The van der Waals surface area contributed by atoms with Crippen LogP contribution in [0.1, 0.15) is 15.9 Å².